The number of Topliss-reactive ketones (excluding diaryl/α,β-unsaturated/α-hetero) is 1. The summed E-state index contributed by atoms with van der Waals surface area (Å²) >= 11 is 0. The van der Waals surface area contributed by atoms with E-state index in [-0.39, 0.29) is 23.3 Å². The first-order valence-electron chi connectivity index (χ1n) is 10.2. The molecule has 2 aliphatic heterocycles. The molecule has 0 spiro atoms. The lowest BCUT2D eigenvalue weighted by molar-refractivity contribution is -0.118. The number of aliphatic hydroxyl groups is 1. The van der Waals surface area contributed by atoms with Gasteiger partial charge in [-0.25, -0.2) is 11.0 Å². The molecule has 1 N–H and O–H groups in total. The summed E-state index contributed by atoms with van der Waals surface area (Å²) in [5.41, 5.74) is 4.97. The van der Waals surface area contributed by atoms with Gasteiger partial charge in [-0.15, -0.1) is 0 Å². The number of ether oxygens (including phenoxy) is 1. The predicted molar refractivity (Wildman–Crippen MR) is 110 cm³/mol. The van der Waals surface area contributed by atoms with Crippen molar-refractivity contribution in [1.82, 2.24) is 0 Å². The standard InChI is InChI=1S/C25H22FNO3/c1-11-9-12(2)16(13(3)10-11)18-22(28)19-20(23(18)29)25-21(27-4)17(24(19)30-25)14-5-7-15(26)8-6-14/h5-10,17,19-21,24-25,29H,1-3H3/t17-,19-,20+,21+,24-,25-/m1/s1. The molecule has 6 atom stereocenters. The zero-order valence-corrected chi connectivity index (χ0v) is 17.0. The van der Waals surface area contributed by atoms with Gasteiger partial charge in [-0.05, 0) is 55.2 Å². The quantitative estimate of drug-likeness (QED) is 0.741. The lowest BCUT2D eigenvalue weighted by atomic mass is 9.70. The molecule has 2 aromatic rings. The molecule has 30 heavy (non-hydrogen) atoms. The maximum Gasteiger partial charge on any atom is 0.259 e. The minimum absolute atomic E-state index is 0.0544. The fraction of sp³-hybridized carbons (Fsp3) is 0.360. The SMILES string of the molecule is [C-]#[N+][C@@H]1[C@@H]2O[C@@H]([C@H]3C(=O)C(c4c(C)cc(C)cc4C)=C(O)[C@@H]23)[C@@H]1c1ccc(F)cc1. The summed E-state index contributed by atoms with van der Waals surface area (Å²) in [6, 6.07) is 9.58. The largest absolute Gasteiger partial charge is 0.511 e. The molecule has 3 aliphatic rings. The van der Waals surface area contributed by atoms with Crippen molar-refractivity contribution in [1.29, 1.82) is 0 Å². The molecule has 152 valence electrons. The van der Waals surface area contributed by atoms with Gasteiger partial charge in [-0.1, -0.05) is 29.8 Å². The first kappa shape index (κ1) is 19.0. The van der Waals surface area contributed by atoms with E-state index in [4.69, 9.17) is 11.3 Å². The molecule has 2 saturated heterocycles. The molecule has 4 nitrogen and oxygen atoms in total. The molecular weight excluding hydrogens is 381 g/mol. The molecule has 5 rings (SSSR count). The highest BCUT2D eigenvalue weighted by molar-refractivity contribution is 6.26. The van der Waals surface area contributed by atoms with Crippen LogP contribution in [-0.4, -0.2) is 29.1 Å². The maximum absolute atomic E-state index is 13.6. The molecule has 2 heterocycles. The van der Waals surface area contributed by atoms with E-state index in [1.807, 2.05) is 32.9 Å². The Kier molecular flexibility index (Phi) is 4.13. The number of rotatable bonds is 2. The third-order valence-electron chi connectivity index (χ3n) is 6.92. The summed E-state index contributed by atoms with van der Waals surface area (Å²) in [7, 11) is 0. The summed E-state index contributed by atoms with van der Waals surface area (Å²) in [6.45, 7) is 13.6. The second kappa shape index (κ2) is 6.52. The average molecular weight is 403 g/mol. The van der Waals surface area contributed by atoms with Gasteiger partial charge < -0.3 is 14.7 Å². The minimum Gasteiger partial charge on any atom is -0.511 e. The Labute approximate surface area is 174 Å². The van der Waals surface area contributed by atoms with Crippen LogP contribution in [0.2, 0.25) is 0 Å². The first-order valence-corrected chi connectivity index (χ1v) is 10.2. The van der Waals surface area contributed by atoms with Gasteiger partial charge >= 0.3 is 0 Å². The zero-order chi connectivity index (χ0) is 21.3. The van der Waals surface area contributed by atoms with Gasteiger partial charge in [0.15, 0.2) is 5.78 Å². The van der Waals surface area contributed by atoms with Crippen molar-refractivity contribution < 1.29 is 19.0 Å². The van der Waals surface area contributed by atoms with E-state index in [0.717, 1.165) is 27.8 Å². The van der Waals surface area contributed by atoms with Crippen LogP contribution in [0.3, 0.4) is 0 Å². The number of aliphatic hydroxyl groups excluding tert-OH is 1. The number of benzene rings is 2. The number of hydrogen-bond acceptors (Lipinski definition) is 3. The first-order chi connectivity index (χ1) is 14.3. The van der Waals surface area contributed by atoms with Crippen molar-refractivity contribution in [2.45, 2.75) is 44.9 Å². The number of halogens is 1. The van der Waals surface area contributed by atoms with Gasteiger partial charge in [0.05, 0.1) is 29.4 Å². The highest BCUT2D eigenvalue weighted by Gasteiger charge is 2.69. The van der Waals surface area contributed by atoms with Crippen LogP contribution in [-0.2, 0) is 9.53 Å². The lowest BCUT2D eigenvalue weighted by Gasteiger charge is -2.28. The Morgan fingerprint density at radius 1 is 1.00 bits per heavy atom. The van der Waals surface area contributed by atoms with E-state index in [1.54, 1.807) is 12.1 Å². The van der Waals surface area contributed by atoms with Crippen LogP contribution >= 0.6 is 0 Å². The van der Waals surface area contributed by atoms with Crippen LogP contribution in [0.4, 0.5) is 4.39 Å². The van der Waals surface area contributed by atoms with E-state index >= 15 is 0 Å². The highest BCUT2D eigenvalue weighted by Crippen LogP contribution is 2.59. The smallest absolute Gasteiger partial charge is 0.259 e. The van der Waals surface area contributed by atoms with Gasteiger partial charge in [0.2, 0.25) is 0 Å². The molecular formula is C25H22FNO3. The van der Waals surface area contributed by atoms with Crippen molar-refractivity contribution in [3.63, 3.8) is 0 Å². The Morgan fingerprint density at radius 2 is 1.63 bits per heavy atom. The van der Waals surface area contributed by atoms with Crippen LogP contribution in [0.25, 0.3) is 10.4 Å². The molecule has 0 aromatic heterocycles. The number of fused-ring (bicyclic) bond motifs is 5. The fourth-order valence-corrected chi connectivity index (χ4v) is 5.91. The van der Waals surface area contributed by atoms with Crippen molar-refractivity contribution in [3.8, 4) is 0 Å². The van der Waals surface area contributed by atoms with Gasteiger partial charge in [0.25, 0.3) is 6.04 Å². The Morgan fingerprint density at radius 3 is 2.23 bits per heavy atom. The maximum atomic E-state index is 13.6. The number of carbonyl (C=O) groups excluding carboxylic acids is 1. The van der Waals surface area contributed by atoms with E-state index in [9.17, 15) is 14.3 Å². The second-order valence-electron chi connectivity index (χ2n) is 8.71. The minimum atomic E-state index is -0.542. The molecule has 0 amide bonds. The normalized spacial score (nSPS) is 31.9. The molecule has 2 bridgehead atoms. The summed E-state index contributed by atoms with van der Waals surface area (Å²) in [5, 5.41) is 11.2. The van der Waals surface area contributed by atoms with Crippen LogP contribution in [0.15, 0.2) is 42.2 Å². The van der Waals surface area contributed by atoms with E-state index < -0.39 is 30.1 Å². The van der Waals surface area contributed by atoms with Crippen LogP contribution in [0.5, 0.6) is 0 Å². The van der Waals surface area contributed by atoms with Gasteiger partial charge in [-0.2, -0.15) is 0 Å². The molecule has 1 aliphatic carbocycles. The number of aryl methyl sites for hydroxylation is 3. The van der Waals surface area contributed by atoms with E-state index in [0.29, 0.717) is 5.57 Å². The Hall–Kier alpha value is -2.97. The fourth-order valence-electron chi connectivity index (χ4n) is 5.91. The number of ketones is 1. The van der Waals surface area contributed by atoms with Crippen molar-refractivity contribution >= 4 is 11.4 Å². The molecule has 2 fully saturated rings. The van der Waals surface area contributed by atoms with E-state index in [1.165, 1.54) is 12.1 Å². The van der Waals surface area contributed by atoms with Gasteiger partial charge in [0.1, 0.15) is 17.7 Å². The Bertz CT molecular complexity index is 1120. The topological polar surface area (TPSA) is 50.9 Å². The van der Waals surface area contributed by atoms with Crippen LogP contribution < -0.4 is 0 Å². The summed E-state index contributed by atoms with van der Waals surface area (Å²) in [6.07, 6.45) is -1.04. The van der Waals surface area contributed by atoms with E-state index in [2.05, 4.69) is 4.85 Å². The molecule has 2 aromatic carbocycles. The second-order valence-corrected chi connectivity index (χ2v) is 8.71. The molecule has 0 unspecified atom stereocenters. The molecule has 5 heteroatoms. The number of nitrogens with zero attached hydrogens (tertiary/aromatic N) is 1. The number of carbonyl (C=O) groups is 1. The Balaban J connectivity index is 1.60. The number of allylic oxidation sites excluding steroid dienone is 1. The van der Waals surface area contributed by atoms with Crippen molar-refractivity contribution in [2.24, 2.45) is 11.8 Å². The van der Waals surface area contributed by atoms with Crippen molar-refractivity contribution in [3.05, 3.63) is 87.2 Å². The highest BCUT2D eigenvalue weighted by atomic mass is 19.1. The summed E-state index contributed by atoms with van der Waals surface area (Å²) < 4.78 is 19.5. The summed E-state index contributed by atoms with van der Waals surface area (Å²) in [4.78, 5) is 17.4. The third-order valence-corrected chi connectivity index (χ3v) is 6.92. The summed E-state index contributed by atoms with van der Waals surface area (Å²) in [5.74, 6) is -1.73. The lowest BCUT2D eigenvalue weighted by Crippen LogP contribution is -2.41. The van der Waals surface area contributed by atoms with Crippen LogP contribution in [0.1, 0.15) is 33.7 Å². The monoisotopic (exact) mass is 403 g/mol. The van der Waals surface area contributed by atoms with Crippen LogP contribution in [0, 0.1) is 45.0 Å². The predicted octanol–water partition coefficient (Wildman–Crippen LogP) is 4.69. The zero-order valence-electron chi connectivity index (χ0n) is 17.0. The average Bonchev–Trinajstić information content (AvgIpc) is 3.33. The van der Waals surface area contributed by atoms with Crippen molar-refractivity contribution in [2.75, 3.05) is 0 Å². The molecule has 0 saturated carbocycles. The third kappa shape index (κ3) is 2.44. The van der Waals surface area contributed by atoms with Gasteiger partial charge in [-0.3, -0.25) is 4.79 Å². The number of hydrogen-bond donors (Lipinski definition) is 1. The van der Waals surface area contributed by atoms with Gasteiger partial charge in [0, 0.05) is 0 Å². The molecule has 0 radical (unpaired) electrons.